The molecule has 0 aliphatic carbocycles. The molecule has 1 aromatic rings. The second-order valence-electron chi connectivity index (χ2n) is 8.15. The Labute approximate surface area is 169 Å². The highest BCUT2D eigenvalue weighted by molar-refractivity contribution is 5.76. The molecule has 6 nitrogen and oxygen atoms in total. The molecule has 3 rings (SSSR count). The van der Waals surface area contributed by atoms with Gasteiger partial charge in [0.15, 0.2) is 0 Å². The van der Waals surface area contributed by atoms with Crippen LogP contribution in [-0.4, -0.2) is 69.2 Å². The molecular formula is C22H35N3O3. The topological polar surface area (TPSA) is 54.0 Å². The molecule has 2 heterocycles. The SMILES string of the molecule is COc1cc(CN2CCN(C(=O)CC(C)C3CCNCC3)CC2)cc(OC)c1. The lowest BCUT2D eigenvalue weighted by Gasteiger charge is -2.36. The first-order chi connectivity index (χ1) is 13.6. The molecule has 0 bridgehead atoms. The normalized spacial score (nSPS) is 20.0. The minimum absolute atomic E-state index is 0.328. The average Bonchev–Trinajstić information content (AvgIpc) is 2.74. The third-order valence-electron chi connectivity index (χ3n) is 6.23. The van der Waals surface area contributed by atoms with E-state index in [1.807, 2.05) is 6.07 Å². The lowest BCUT2D eigenvalue weighted by atomic mass is 9.84. The highest BCUT2D eigenvalue weighted by atomic mass is 16.5. The summed E-state index contributed by atoms with van der Waals surface area (Å²) in [5.74, 6) is 3.13. The van der Waals surface area contributed by atoms with Crippen molar-refractivity contribution < 1.29 is 14.3 Å². The van der Waals surface area contributed by atoms with Gasteiger partial charge in [-0.1, -0.05) is 6.92 Å². The summed E-state index contributed by atoms with van der Waals surface area (Å²) in [5, 5.41) is 3.41. The van der Waals surface area contributed by atoms with Gasteiger partial charge in [-0.05, 0) is 55.5 Å². The second-order valence-corrected chi connectivity index (χ2v) is 8.15. The molecular weight excluding hydrogens is 354 g/mol. The van der Waals surface area contributed by atoms with Crippen LogP contribution in [-0.2, 0) is 11.3 Å². The maximum atomic E-state index is 12.7. The first-order valence-corrected chi connectivity index (χ1v) is 10.5. The van der Waals surface area contributed by atoms with Gasteiger partial charge in [-0.15, -0.1) is 0 Å². The minimum Gasteiger partial charge on any atom is -0.497 e. The van der Waals surface area contributed by atoms with Gasteiger partial charge in [0, 0.05) is 45.2 Å². The van der Waals surface area contributed by atoms with Gasteiger partial charge in [0.25, 0.3) is 0 Å². The van der Waals surface area contributed by atoms with E-state index in [-0.39, 0.29) is 0 Å². The van der Waals surface area contributed by atoms with Crippen molar-refractivity contribution in [1.82, 2.24) is 15.1 Å². The largest absolute Gasteiger partial charge is 0.497 e. The molecule has 156 valence electrons. The van der Waals surface area contributed by atoms with E-state index in [9.17, 15) is 4.79 Å². The van der Waals surface area contributed by atoms with E-state index in [2.05, 4.69) is 34.2 Å². The van der Waals surface area contributed by atoms with Gasteiger partial charge in [0.2, 0.25) is 5.91 Å². The van der Waals surface area contributed by atoms with Crippen LogP contribution in [0.25, 0.3) is 0 Å². The molecule has 28 heavy (non-hydrogen) atoms. The molecule has 1 unspecified atom stereocenters. The van der Waals surface area contributed by atoms with Crippen molar-refractivity contribution in [3.8, 4) is 11.5 Å². The Kier molecular flexibility index (Phi) is 7.57. The Hall–Kier alpha value is -1.79. The molecule has 2 fully saturated rings. The third-order valence-corrected chi connectivity index (χ3v) is 6.23. The maximum Gasteiger partial charge on any atom is 0.222 e. The lowest BCUT2D eigenvalue weighted by Crippen LogP contribution is -2.48. The second kappa shape index (κ2) is 10.1. The third kappa shape index (κ3) is 5.61. The van der Waals surface area contributed by atoms with E-state index < -0.39 is 0 Å². The number of piperazine rings is 1. The molecule has 2 saturated heterocycles. The van der Waals surface area contributed by atoms with Gasteiger partial charge >= 0.3 is 0 Å². The number of carbonyl (C=O) groups excluding carboxylic acids is 1. The summed E-state index contributed by atoms with van der Waals surface area (Å²) >= 11 is 0. The summed E-state index contributed by atoms with van der Waals surface area (Å²) in [4.78, 5) is 17.2. The fraction of sp³-hybridized carbons (Fsp3) is 0.682. The lowest BCUT2D eigenvalue weighted by molar-refractivity contribution is -0.134. The van der Waals surface area contributed by atoms with Crippen molar-refractivity contribution in [2.45, 2.75) is 32.7 Å². The molecule has 0 saturated carbocycles. The van der Waals surface area contributed by atoms with Gasteiger partial charge < -0.3 is 19.7 Å². The minimum atomic E-state index is 0.328. The van der Waals surface area contributed by atoms with Crippen molar-refractivity contribution in [3.05, 3.63) is 23.8 Å². The van der Waals surface area contributed by atoms with Crippen LogP contribution >= 0.6 is 0 Å². The van der Waals surface area contributed by atoms with Gasteiger partial charge in [0.1, 0.15) is 11.5 Å². The Morgan fingerprint density at radius 1 is 1.07 bits per heavy atom. The number of hydrogen-bond acceptors (Lipinski definition) is 5. The Bertz CT molecular complexity index is 616. The van der Waals surface area contributed by atoms with Crippen LogP contribution in [0.4, 0.5) is 0 Å². The summed E-state index contributed by atoms with van der Waals surface area (Å²) in [6, 6.07) is 6.01. The molecule has 2 aliphatic heterocycles. The zero-order chi connectivity index (χ0) is 19.9. The van der Waals surface area contributed by atoms with Gasteiger partial charge in [-0.3, -0.25) is 9.69 Å². The number of carbonyl (C=O) groups is 1. The Morgan fingerprint density at radius 2 is 1.68 bits per heavy atom. The first kappa shape index (κ1) is 20.9. The van der Waals surface area contributed by atoms with Crippen LogP contribution in [0.1, 0.15) is 31.7 Å². The quantitative estimate of drug-likeness (QED) is 0.776. The molecule has 1 N–H and O–H groups in total. The number of methoxy groups -OCH3 is 2. The molecule has 1 aromatic carbocycles. The van der Waals surface area contributed by atoms with Crippen LogP contribution in [0.3, 0.4) is 0 Å². The summed E-state index contributed by atoms with van der Waals surface area (Å²) in [7, 11) is 3.35. The molecule has 1 atom stereocenters. The Balaban J connectivity index is 1.47. The summed E-state index contributed by atoms with van der Waals surface area (Å²) in [5.41, 5.74) is 1.18. The van der Waals surface area contributed by atoms with Crippen molar-refractivity contribution in [2.24, 2.45) is 11.8 Å². The number of amides is 1. The molecule has 6 heteroatoms. The van der Waals surface area contributed by atoms with E-state index in [1.54, 1.807) is 14.2 Å². The number of benzene rings is 1. The summed E-state index contributed by atoms with van der Waals surface area (Å²) in [6.07, 6.45) is 3.09. The zero-order valence-electron chi connectivity index (χ0n) is 17.6. The highest BCUT2D eigenvalue weighted by Gasteiger charge is 2.26. The van der Waals surface area contributed by atoms with Crippen molar-refractivity contribution >= 4 is 5.91 Å². The van der Waals surface area contributed by atoms with E-state index in [4.69, 9.17) is 9.47 Å². The number of nitrogens with zero attached hydrogens (tertiary/aromatic N) is 2. The molecule has 0 radical (unpaired) electrons. The van der Waals surface area contributed by atoms with Crippen molar-refractivity contribution in [2.75, 3.05) is 53.5 Å². The van der Waals surface area contributed by atoms with Crippen molar-refractivity contribution in [3.63, 3.8) is 0 Å². The fourth-order valence-corrected chi connectivity index (χ4v) is 4.36. The van der Waals surface area contributed by atoms with Crippen molar-refractivity contribution in [1.29, 1.82) is 0 Å². The molecule has 2 aliphatic rings. The number of hydrogen-bond donors (Lipinski definition) is 1. The smallest absolute Gasteiger partial charge is 0.222 e. The van der Waals surface area contributed by atoms with Crippen LogP contribution in [0.2, 0.25) is 0 Å². The predicted molar refractivity (Wildman–Crippen MR) is 111 cm³/mol. The monoisotopic (exact) mass is 389 g/mol. The fourth-order valence-electron chi connectivity index (χ4n) is 4.36. The number of nitrogens with one attached hydrogen (secondary N) is 1. The summed E-state index contributed by atoms with van der Waals surface area (Å²) in [6.45, 7) is 8.74. The maximum absolute atomic E-state index is 12.7. The van der Waals surface area contributed by atoms with Crippen LogP contribution in [0, 0.1) is 11.8 Å². The highest BCUT2D eigenvalue weighted by Crippen LogP contribution is 2.26. The predicted octanol–water partition coefficient (Wildman–Crippen LogP) is 2.37. The van der Waals surface area contributed by atoms with Gasteiger partial charge in [0.05, 0.1) is 14.2 Å². The van der Waals surface area contributed by atoms with Gasteiger partial charge in [-0.2, -0.15) is 0 Å². The van der Waals surface area contributed by atoms with Crippen LogP contribution in [0.5, 0.6) is 11.5 Å². The standard InChI is InChI=1S/C22H35N3O3/c1-17(19-4-6-23-7-5-19)12-22(26)25-10-8-24(9-11-25)16-18-13-20(27-2)15-21(14-18)28-3/h13-15,17,19,23H,4-12,16H2,1-3H3. The van der Waals surface area contributed by atoms with Gasteiger partial charge in [-0.25, -0.2) is 0 Å². The molecule has 1 amide bonds. The number of rotatable bonds is 7. The first-order valence-electron chi connectivity index (χ1n) is 10.5. The van der Waals surface area contributed by atoms with Crippen LogP contribution in [0.15, 0.2) is 18.2 Å². The summed E-state index contributed by atoms with van der Waals surface area (Å²) < 4.78 is 10.7. The van der Waals surface area contributed by atoms with E-state index in [1.165, 1.54) is 18.4 Å². The van der Waals surface area contributed by atoms with E-state index in [0.29, 0.717) is 24.2 Å². The van der Waals surface area contributed by atoms with E-state index >= 15 is 0 Å². The van der Waals surface area contributed by atoms with E-state index in [0.717, 1.165) is 57.3 Å². The zero-order valence-corrected chi connectivity index (χ0v) is 17.6. The Morgan fingerprint density at radius 3 is 2.25 bits per heavy atom. The molecule has 0 aromatic heterocycles. The molecule has 0 spiro atoms. The number of piperidine rings is 1. The number of ether oxygens (including phenoxy) is 2. The van der Waals surface area contributed by atoms with Crippen LogP contribution < -0.4 is 14.8 Å². The average molecular weight is 390 g/mol.